The lowest BCUT2D eigenvalue weighted by atomic mass is 10.1. The van der Waals surface area contributed by atoms with E-state index >= 15 is 0 Å². The molecule has 0 unspecified atom stereocenters. The molecule has 0 atom stereocenters. The Morgan fingerprint density at radius 2 is 1.62 bits per heavy atom. The molecule has 4 heteroatoms. The molecule has 3 aromatic rings. The molecule has 0 aliphatic heterocycles. The first-order valence-electron chi connectivity index (χ1n) is 8.32. The van der Waals surface area contributed by atoms with Crippen LogP contribution in [-0.2, 0) is 13.0 Å². The first-order chi connectivity index (χ1) is 11.8. The van der Waals surface area contributed by atoms with Crippen molar-refractivity contribution in [2.45, 2.75) is 13.0 Å². The minimum atomic E-state index is 0.633. The van der Waals surface area contributed by atoms with E-state index in [4.69, 9.17) is 10.3 Å². The summed E-state index contributed by atoms with van der Waals surface area (Å²) < 4.78 is 5.52. The highest BCUT2D eigenvalue weighted by Crippen LogP contribution is 2.19. The van der Waals surface area contributed by atoms with Crippen LogP contribution in [0.4, 0.5) is 0 Å². The van der Waals surface area contributed by atoms with Gasteiger partial charge in [0.1, 0.15) is 5.69 Å². The van der Waals surface area contributed by atoms with Crippen LogP contribution in [-0.4, -0.2) is 29.7 Å². The molecule has 2 aromatic carbocycles. The average Bonchev–Trinajstić information content (AvgIpc) is 3.10. The van der Waals surface area contributed by atoms with Crippen LogP contribution in [0.5, 0.6) is 0 Å². The number of nitrogens with two attached hydrogens (primary N) is 1. The molecule has 1 aromatic heterocycles. The van der Waals surface area contributed by atoms with Gasteiger partial charge in [-0.05, 0) is 12.0 Å². The number of hydrogen-bond acceptors (Lipinski definition) is 4. The second-order valence-corrected chi connectivity index (χ2v) is 5.84. The Hall–Kier alpha value is -2.43. The maximum atomic E-state index is 5.76. The third-order valence-corrected chi connectivity index (χ3v) is 4.01. The van der Waals surface area contributed by atoms with Crippen LogP contribution in [0.1, 0.15) is 11.3 Å². The maximum Gasteiger partial charge on any atom is 0.151 e. The van der Waals surface area contributed by atoms with Crippen LogP contribution >= 0.6 is 0 Å². The van der Waals surface area contributed by atoms with Gasteiger partial charge in [-0.1, -0.05) is 65.8 Å². The van der Waals surface area contributed by atoms with Gasteiger partial charge in [-0.3, -0.25) is 4.90 Å². The molecular formula is C20H23N3O. The predicted molar refractivity (Wildman–Crippen MR) is 96.4 cm³/mol. The molecule has 24 heavy (non-hydrogen) atoms. The average molecular weight is 321 g/mol. The zero-order valence-electron chi connectivity index (χ0n) is 13.8. The molecule has 3 rings (SSSR count). The van der Waals surface area contributed by atoms with Crippen LogP contribution in [0, 0.1) is 0 Å². The highest BCUT2D eigenvalue weighted by molar-refractivity contribution is 5.58. The van der Waals surface area contributed by atoms with Gasteiger partial charge in [-0.25, -0.2) is 0 Å². The first-order valence-corrected chi connectivity index (χ1v) is 8.32. The molecule has 0 fully saturated rings. The van der Waals surface area contributed by atoms with Gasteiger partial charge in [0, 0.05) is 31.3 Å². The van der Waals surface area contributed by atoms with Gasteiger partial charge in [0.2, 0.25) is 0 Å². The Morgan fingerprint density at radius 1 is 0.917 bits per heavy atom. The number of nitrogens with zero attached hydrogens (tertiary/aromatic N) is 2. The Balaban J connectivity index is 1.62. The molecule has 0 aliphatic rings. The van der Waals surface area contributed by atoms with E-state index in [-0.39, 0.29) is 0 Å². The summed E-state index contributed by atoms with van der Waals surface area (Å²) in [6.45, 7) is 3.15. The molecular weight excluding hydrogens is 298 g/mol. The van der Waals surface area contributed by atoms with Gasteiger partial charge in [0.05, 0.1) is 6.54 Å². The molecule has 0 bridgehead atoms. The highest BCUT2D eigenvalue weighted by Gasteiger charge is 2.11. The third kappa shape index (κ3) is 4.54. The van der Waals surface area contributed by atoms with E-state index < -0.39 is 0 Å². The first kappa shape index (κ1) is 16.4. The van der Waals surface area contributed by atoms with E-state index in [0.29, 0.717) is 6.54 Å². The summed E-state index contributed by atoms with van der Waals surface area (Å²) in [6.07, 6.45) is 1.00. The fraction of sp³-hybridized carbons (Fsp3) is 0.250. The number of rotatable bonds is 8. The Bertz CT molecular complexity index is 725. The third-order valence-electron chi connectivity index (χ3n) is 4.01. The molecule has 4 nitrogen and oxygen atoms in total. The topological polar surface area (TPSA) is 55.3 Å². The van der Waals surface area contributed by atoms with Crippen molar-refractivity contribution in [1.29, 1.82) is 0 Å². The minimum Gasteiger partial charge on any atom is -0.359 e. The van der Waals surface area contributed by atoms with Crippen molar-refractivity contribution in [3.63, 3.8) is 0 Å². The number of benzene rings is 2. The molecule has 0 radical (unpaired) electrons. The van der Waals surface area contributed by atoms with E-state index in [1.165, 1.54) is 5.56 Å². The van der Waals surface area contributed by atoms with Crippen LogP contribution in [0.15, 0.2) is 71.3 Å². The molecule has 1 heterocycles. The van der Waals surface area contributed by atoms with Crippen molar-refractivity contribution in [2.75, 3.05) is 19.6 Å². The maximum absolute atomic E-state index is 5.76. The summed E-state index contributed by atoms with van der Waals surface area (Å²) in [5.74, 6) is 0.871. The molecule has 124 valence electrons. The van der Waals surface area contributed by atoms with Gasteiger partial charge in [-0.2, -0.15) is 0 Å². The zero-order chi connectivity index (χ0) is 16.6. The van der Waals surface area contributed by atoms with Gasteiger partial charge < -0.3 is 10.3 Å². The molecule has 0 aliphatic carbocycles. The number of aromatic nitrogens is 1. The lowest BCUT2D eigenvalue weighted by Crippen LogP contribution is -2.30. The second-order valence-electron chi connectivity index (χ2n) is 5.84. The molecule has 0 saturated heterocycles. The van der Waals surface area contributed by atoms with Crippen molar-refractivity contribution in [3.8, 4) is 11.3 Å². The zero-order valence-corrected chi connectivity index (χ0v) is 13.8. The molecule has 0 amide bonds. The lowest BCUT2D eigenvalue weighted by Gasteiger charge is -2.19. The van der Waals surface area contributed by atoms with Gasteiger partial charge >= 0.3 is 0 Å². The normalized spacial score (nSPS) is 11.1. The molecule has 2 N–H and O–H groups in total. The smallest absolute Gasteiger partial charge is 0.151 e. The summed E-state index contributed by atoms with van der Waals surface area (Å²) in [5, 5.41) is 4.18. The standard InChI is InChI=1S/C20H23N3O/c21-12-14-23(13-11-17-7-3-1-4-8-17)16-19-15-20(22-24-19)18-9-5-2-6-10-18/h1-10,15H,11-14,16,21H2. The van der Waals surface area contributed by atoms with Crippen molar-refractivity contribution < 1.29 is 4.52 Å². The van der Waals surface area contributed by atoms with Crippen LogP contribution in [0.2, 0.25) is 0 Å². The Kier molecular flexibility index (Phi) is 5.77. The van der Waals surface area contributed by atoms with Crippen molar-refractivity contribution in [2.24, 2.45) is 5.73 Å². The summed E-state index contributed by atoms with van der Waals surface area (Å²) in [6, 6.07) is 22.6. The van der Waals surface area contributed by atoms with Crippen molar-refractivity contribution in [1.82, 2.24) is 10.1 Å². The highest BCUT2D eigenvalue weighted by atomic mass is 16.5. The Morgan fingerprint density at radius 3 is 2.33 bits per heavy atom. The summed E-state index contributed by atoms with van der Waals surface area (Å²) >= 11 is 0. The lowest BCUT2D eigenvalue weighted by molar-refractivity contribution is 0.239. The predicted octanol–water partition coefficient (Wildman–Crippen LogP) is 3.35. The van der Waals surface area contributed by atoms with Gasteiger partial charge in [0.25, 0.3) is 0 Å². The summed E-state index contributed by atoms with van der Waals surface area (Å²) in [7, 11) is 0. The quantitative estimate of drug-likeness (QED) is 0.691. The monoisotopic (exact) mass is 321 g/mol. The SMILES string of the molecule is NCCN(CCc1ccccc1)Cc1cc(-c2ccccc2)no1. The largest absolute Gasteiger partial charge is 0.359 e. The van der Waals surface area contributed by atoms with E-state index in [1.54, 1.807) is 0 Å². The molecule has 0 saturated carbocycles. The van der Waals surface area contributed by atoms with E-state index in [9.17, 15) is 0 Å². The van der Waals surface area contributed by atoms with E-state index in [1.807, 2.05) is 42.5 Å². The fourth-order valence-corrected chi connectivity index (χ4v) is 2.74. The van der Waals surface area contributed by atoms with Crippen molar-refractivity contribution >= 4 is 0 Å². The van der Waals surface area contributed by atoms with Crippen LogP contribution in [0.3, 0.4) is 0 Å². The van der Waals surface area contributed by atoms with Gasteiger partial charge in [-0.15, -0.1) is 0 Å². The summed E-state index contributed by atoms with van der Waals surface area (Å²) in [4.78, 5) is 2.31. The van der Waals surface area contributed by atoms with Crippen molar-refractivity contribution in [3.05, 3.63) is 78.1 Å². The number of hydrogen-bond donors (Lipinski definition) is 1. The summed E-state index contributed by atoms with van der Waals surface area (Å²) in [5.41, 5.74) is 9.04. The van der Waals surface area contributed by atoms with E-state index in [2.05, 4.69) is 34.3 Å². The Labute approximate surface area is 142 Å². The van der Waals surface area contributed by atoms with Crippen LogP contribution < -0.4 is 5.73 Å². The minimum absolute atomic E-state index is 0.633. The van der Waals surface area contributed by atoms with Gasteiger partial charge in [0.15, 0.2) is 5.76 Å². The molecule has 0 spiro atoms. The van der Waals surface area contributed by atoms with E-state index in [0.717, 1.165) is 43.1 Å². The van der Waals surface area contributed by atoms with Crippen LogP contribution in [0.25, 0.3) is 11.3 Å². The second kappa shape index (κ2) is 8.43. The fourth-order valence-electron chi connectivity index (χ4n) is 2.74.